The number of sulfonamides is 1. The summed E-state index contributed by atoms with van der Waals surface area (Å²) in [6, 6.07) is 19.1. The molecule has 5 fully saturated rings. The number of pyridine rings is 2. The number of benzene rings is 2. The van der Waals surface area contributed by atoms with Gasteiger partial charge < -0.3 is 39.3 Å². The molecule has 5 aliphatic rings. The average Bonchev–Trinajstić information content (AvgIpc) is 4.05. The van der Waals surface area contributed by atoms with Gasteiger partial charge in [0, 0.05) is 68.2 Å². The van der Waals surface area contributed by atoms with E-state index in [0.717, 1.165) is 69.8 Å². The second-order valence-corrected chi connectivity index (χ2v) is 22.9. The van der Waals surface area contributed by atoms with Crippen LogP contribution in [0.25, 0.3) is 11.0 Å². The topological polar surface area (TPSA) is 224 Å². The van der Waals surface area contributed by atoms with Crippen molar-refractivity contribution in [2.45, 2.75) is 113 Å². The molecule has 1 spiro atoms. The van der Waals surface area contributed by atoms with Crippen LogP contribution in [0.4, 0.5) is 17.2 Å². The molecule has 0 bridgehead atoms. The highest BCUT2D eigenvalue weighted by Gasteiger charge is 2.49. The van der Waals surface area contributed by atoms with Crippen molar-refractivity contribution in [3.8, 4) is 17.4 Å². The van der Waals surface area contributed by atoms with Gasteiger partial charge in [-0.25, -0.2) is 18.1 Å². The number of aromatic amines is 1. The molecule has 0 unspecified atom stereocenters. The number of anilines is 2. The van der Waals surface area contributed by atoms with Gasteiger partial charge in [-0.05, 0) is 117 Å². The Kier molecular flexibility index (Phi) is 14.2. The average molecular weight is 1010 g/mol. The van der Waals surface area contributed by atoms with Crippen LogP contribution in [0.5, 0.6) is 17.4 Å². The van der Waals surface area contributed by atoms with Crippen molar-refractivity contribution in [3.05, 3.63) is 99.9 Å². The minimum atomic E-state index is -4.70. The van der Waals surface area contributed by atoms with Crippen LogP contribution in [0, 0.1) is 21.4 Å². The van der Waals surface area contributed by atoms with Gasteiger partial charge in [0.05, 0.1) is 42.1 Å². The highest BCUT2D eigenvalue weighted by Crippen LogP contribution is 2.49. The van der Waals surface area contributed by atoms with Crippen molar-refractivity contribution in [2.75, 3.05) is 69.4 Å². The van der Waals surface area contributed by atoms with E-state index in [9.17, 15) is 28.4 Å². The smallest absolute Gasteiger partial charge is 0.312 e. The lowest BCUT2D eigenvalue weighted by Gasteiger charge is -2.57. The molecule has 10 rings (SSSR count). The Balaban J connectivity index is 0.881. The number of H-pyrrole nitrogens is 1. The van der Waals surface area contributed by atoms with E-state index in [0.29, 0.717) is 68.1 Å². The summed E-state index contributed by atoms with van der Waals surface area (Å²) in [7, 11) is -4.70. The normalized spacial score (nSPS) is 24.5. The zero-order valence-electron chi connectivity index (χ0n) is 41.3. The van der Waals surface area contributed by atoms with Gasteiger partial charge in [-0.3, -0.25) is 19.8 Å². The Morgan fingerprint density at radius 3 is 2.56 bits per heavy atom. The number of amides is 1. The van der Waals surface area contributed by atoms with E-state index < -0.39 is 37.0 Å². The van der Waals surface area contributed by atoms with Crippen LogP contribution < -0.4 is 24.4 Å². The van der Waals surface area contributed by atoms with Crippen LogP contribution in [0.1, 0.15) is 112 Å². The Bertz CT molecular complexity index is 2880. The number of nitrogens with zero attached hydrogens (tertiary/aromatic N) is 5. The molecule has 18 nitrogen and oxygen atoms in total. The molecular formula is C53H66N8O10S. The number of hydrogen-bond donors (Lipinski definition) is 4. The number of rotatable bonds is 16. The summed E-state index contributed by atoms with van der Waals surface area (Å²) < 4.78 is 54.2. The van der Waals surface area contributed by atoms with E-state index in [1.807, 2.05) is 6.07 Å². The first-order valence-corrected chi connectivity index (χ1v) is 27.0. The molecule has 3 saturated heterocycles. The number of nitro groups is 1. The Morgan fingerprint density at radius 2 is 1.81 bits per heavy atom. The first-order valence-electron chi connectivity index (χ1n) is 25.5. The van der Waals surface area contributed by atoms with E-state index >= 15 is 0 Å². The first kappa shape index (κ1) is 49.7. The summed E-state index contributed by atoms with van der Waals surface area (Å²) in [6.07, 6.45) is 10.7. The number of aromatic nitrogens is 3. The van der Waals surface area contributed by atoms with Crippen LogP contribution in [-0.2, 0) is 19.5 Å². The van der Waals surface area contributed by atoms with Gasteiger partial charge in [0.25, 0.3) is 21.8 Å². The van der Waals surface area contributed by atoms with E-state index in [-0.39, 0.29) is 52.8 Å². The second kappa shape index (κ2) is 20.6. The molecular weight excluding hydrogens is 941 g/mol. The van der Waals surface area contributed by atoms with Crippen LogP contribution >= 0.6 is 0 Å². The largest absolute Gasteiger partial charge is 0.472 e. The third-order valence-corrected chi connectivity index (χ3v) is 17.0. The number of nitrogens with one attached hydrogen (secondary N) is 3. The van der Waals surface area contributed by atoms with Crippen molar-refractivity contribution in [1.29, 1.82) is 0 Å². The molecule has 19 heteroatoms. The molecule has 384 valence electrons. The van der Waals surface area contributed by atoms with Crippen LogP contribution in [0.3, 0.4) is 0 Å². The summed E-state index contributed by atoms with van der Waals surface area (Å²) >= 11 is 0. The van der Waals surface area contributed by atoms with E-state index in [2.05, 4.69) is 72.9 Å². The molecule has 6 heterocycles. The van der Waals surface area contributed by atoms with Crippen LogP contribution in [0.2, 0.25) is 0 Å². The number of piperidine rings is 1. The minimum absolute atomic E-state index is 0.0518. The fourth-order valence-corrected chi connectivity index (χ4v) is 12.5. The maximum absolute atomic E-state index is 14.3. The Labute approximate surface area is 420 Å². The summed E-state index contributed by atoms with van der Waals surface area (Å²) in [4.78, 5) is 42.2. The monoisotopic (exact) mass is 1010 g/mol. The van der Waals surface area contributed by atoms with E-state index in [1.54, 1.807) is 31.3 Å². The lowest BCUT2D eigenvalue weighted by Crippen LogP contribution is -2.63. The van der Waals surface area contributed by atoms with Gasteiger partial charge in [0.1, 0.15) is 29.0 Å². The fraction of sp³-hybridized carbons (Fsp3) is 0.528. The molecule has 2 aliphatic carbocycles. The van der Waals surface area contributed by atoms with Crippen molar-refractivity contribution >= 4 is 44.2 Å². The summed E-state index contributed by atoms with van der Waals surface area (Å²) in [5.41, 5.74) is 3.14. The highest BCUT2D eigenvalue weighted by molar-refractivity contribution is 7.90. The van der Waals surface area contributed by atoms with Crippen molar-refractivity contribution in [2.24, 2.45) is 11.3 Å². The maximum atomic E-state index is 14.3. The van der Waals surface area contributed by atoms with E-state index in [4.69, 9.17) is 18.9 Å². The Morgan fingerprint density at radius 1 is 1.01 bits per heavy atom. The number of carbonyl (C=O) groups excluding carboxylic acids is 1. The third kappa shape index (κ3) is 10.8. The fourth-order valence-electron chi connectivity index (χ4n) is 11.6. The summed E-state index contributed by atoms with van der Waals surface area (Å²) in [5.74, 6) is 0.429. The highest BCUT2D eigenvalue weighted by atomic mass is 32.2. The quantitative estimate of drug-likeness (QED) is 0.0539. The lowest BCUT2D eigenvalue weighted by atomic mass is 9.70. The predicted molar refractivity (Wildman–Crippen MR) is 272 cm³/mol. The van der Waals surface area contributed by atoms with Crippen molar-refractivity contribution < 1.29 is 42.2 Å². The van der Waals surface area contributed by atoms with E-state index in [1.165, 1.54) is 36.5 Å². The van der Waals surface area contributed by atoms with Gasteiger partial charge in [0.15, 0.2) is 5.75 Å². The van der Waals surface area contributed by atoms with Gasteiger partial charge in [-0.15, -0.1) is 0 Å². The third-order valence-electron chi connectivity index (χ3n) is 15.7. The SMILES string of the molecule is CC(C)c1ccccc1[C@@H]1CCC[C@@H]1N1CC2(CCN(c3ccc(C(=O)NS(=O)(=O)c4cnc(NCC5CCC(C)(O)CC5)c([N+](=O)[O-])c4)c(Oc4cc5cc[nH]c5nc4OC[C@@H]4COCCO4)c3)CC2)C1. The van der Waals surface area contributed by atoms with Crippen LogP contribution in [0.15, 0.2) is 78.0 Å². The number of aliphatic hydroxyl groups is 1. The number of hydrogen-bond acceptors (Lipinski definition) is 15. The molecule has 2 aromatic carbocycles. The second-order valence-electron chi connectivity index (χ2n) is 21.2. The molecule has 2 saturated carbocycles. The van der Waals surface area contributed by atoms with Crippen molar-refractivity contribution in [1.82, 2.24) is 24.6 Å². The maximum Gasteiger partial charge on any atom is 0.312 e. The molecule has 5 aromatic rings. The number of likely N-dealkylation sites (tertiary alicyclic amines) is 1. The molecule has 0 radical (unpaired) electrons. The zero-order valence-corrected chi connectivity index (χ0v) is 42.1. The summed E-state index contributed by atoms with van der Waals surface area (Å²) in [5, 5.41) is 26.3. The van der Waals surface area contributed by atoms with Crippen molar-refractivity contribution in [3.63, 3.8) is 0 Å². The predicted octanol–water partition coefficient (Wildman–Crippen LogP) is 8.29. The number of fused-ring (bicyclic) bond motifs is 1. The summed E-state index contributed by atoms with van der Waals surface area (Å²) in [6.45, 7) is 11.8. The molecule has 3 atom stereocenters. The minimum Gasteiger partial charge on any atom is -0.472 e. The molecule has 1 amide bonds. The number of carbonyl (C=O) groups is 1. The van der Waals surface area contributed by atoms with Gasteiger partial charge >= 0.3 is 5.69 Å². The van der Waals surface area contributed by atoms with Gasteiger partial charge in [-0.2, -0.15) is 4.98 Å². The Hall–Kier alpha value is -5.86. The van der Waals surface area contributed by atoms with Gasteiger partial charge in [-0.1, -0.05) is 44.5 Å². The van der Waals surface area contributed by atoms with Gasteiger partial charge in [0.2, 0.25) is 5.82 Å². The van der Waals surface area contributed by atoms with Crippen LogP contribution in [-0.4, -0.2) is 121 Å². The zero-order chi connectivity index (χ0) is 50.2. The number of ether oxygens (including phenoxy) is 4. The first-order chi connectivity index (χ1) is 34.6. The molecule has 3 aromatic heterocycles. The molecule has 4 N–H and O–H groups in total. The molecule has 72 heavy (non-hydrogen) atoms. The molecule has 3 aliphatic heterocycles. The lowest BCUT2D eigenvalue weighted by molar-refractivity contribution is -0.384. The standard InChI is InChI=1S/C53H66N8O10S/c1-34(2)40-7-4-5-8-41(40)42-9-6-10-44(42)60-32-53(33-60)18-21-59(22-19-53)37-11-12-43(46(26-37)71-47-25-36-15-20-54-48(36)57-51(47)70-31-38-30-68-23-24-69-38)50(62)58-72(66,67)39-27-45(61(64)65)49(56-29-39)55-28-35-13-16-52(3,63)17-14-35/h4-5,7-8,11-12,15,20,25-27,29,34-35,38,42,44,63H,6,9-10,13-14,16-19,21-24,28,30-33H2,1-3H3,(H,54,57)(H,55,56)(H,58,62)/t35?,38-,42-,44-,52?/m0/s1.